The third kappa shape index (κ3) is 4.20. The van der Waals surface area contributed by atoms with Crippen molar-refractivity contribution in [1.29, 1.82) is 0 Å². The fraction of sp³-hybridized carbons (Fsp3) is 0.500. The lowest BCUT2D eigenvalue weighted by molar-refractivity contribution is 0.0836. The first-order valence-electron chi connectivity index (χ1n) is 10.4. The van der Waals surface area contributed by atoms with E-state index in [2.05, 4.69) is 60.5 Å². The van der Waals surface area contributed by atoms with E-state index in [9.17, 15) is 0 Å². The molecule has 1 aliphatic carbocycles. The van der Waals surface area contributed by atoms with Gasteiger partial charge in [-0.15, -0.1) is 0 Å². The highest BCUT2D eigenvalue weighted by atomic mass is 16.5. The predicted octanol–water partition coefficient (Wildman–Crippen LogP) is 4.63. The van der Waals surface area contributed by atoms with Crippen LogP contribution in [0, 0.1) is 19.8 Å². The minimum absolute atomic E-state index is 0.571. The van der Waals surface area contributed by atoms with Crippen LogP contribution in [0.5, 0.6) is 5.75 Å². The first-order chi connectivity index (χ1) is 13.2. The summed E-state index contributed by atoms with van der Waals surface area (Å²) in [6, 6.07) is 15.8. The van der Waals surface area contributed by atoms with Crippen molar-refractivity contribution in [2.24, 2.45) is 5.92 Å². The van der Waals surface area contributed by atoms with Crippen LogP contribution >= 0.6 is 0 Å². The Bertz CT molecular complexity index is 725. The van der Waals surface area contributed by atoms with Crippen LogP contribution in [0.25, 0.3) is 0 Å². The van der Waals surface area contributed by atoms with Crippen molar-refractivity contribution in [2.45, 2.75) is 45.8 Å². The van der Waals surface area contributed by atoms with Crippen molar-refractivity contribution < 1.29 is 4.74 Å². The van der Waals surface area contributed by atoms with Crippen LogP contribution < -0.4 is 10.1 Å². The zero-order valence-electron chi connectivity index (χ0n) is 16.7. The molecule has 2 fully saturated rings. The van der Waals surface area contributed by atoms with E-state index in [1.54, 1.807) is 0 Å². The molecule has 0 radical (unpaired) electrons. The number of ether oxygens (including phenoxy) is 1. The Kier molecular flexibility index (Phi) is 5.80. The van der Waals surface area contributed by atoms with Crippen molar-refractivity contribution in [3.8, 4) is 5.75 Å². The molecule has 2 aromatic carbocycles. The Morgan fingerprint density at radius 2 is 1.70 bits per heavy atom. The molecule has 0 unspecified atom stereocenters. The molecule has 27 heavy (non-hydrogen) atoms. The molecular formula is C24H32N2O. The van der Waals surface area contributed by atoms with Crippen LogP contribution in [0.1, 0.15) is 47.6 Å². The average Bonchev–Trinajstić information content (AvgIpc) is 2.65. The van der Waals surface area contributed by atoms with Crippen molar-refractivity contribution in [3.63, 3.8) is 0 Å². The fourth-order valence-corrected chi connectivity index (χ4v) is 4.61. The van der Waals surface area contributed by atoms with Gasteiger partial charge in [-0.05, 0) is 54.9 Å². The monoisotopic (exact) mass is 364 g/mol. The maximum atomic E-state index is 6.21. The molecule has 0 spiro atoms. The van der Waals surface area contributed by atoms with Crippen LogP contribution in [-0.2, 0) is 6.61 Å². The lowest BCUT2D eigenvalue weighted by Crippen LogP contribution is -2.47. The lowest BCUT2D eigenvalue weighted by Gasteiger charge is -2.43. The highest BCUT2D eigenvalue weighted by Crippen LogP contribution is 2.43. The first kappa shape index (κ1) is 18.5. The molecular weight excluding hydrogens is 332 g/mol. The molecule has 1 aliphatic heterocycles. The van der Waals surface area contributed by atoms with Crippen LogP contribution in [0.3, 0.4) is 0 Å². The van der Waals surface area contributed by atoms with Crippen molar-refractivity contribution >= 4 is 0 Å². The Morgan fingerprint density at radius 1 is 1.04 bits per heavy atom. The third-order valence-corrected chi connectivity index (χ3v) is 6.19. The summed E-state index contributed by atoms with van der Waals surface area (Å²) in [6.07, 6.45) is 4.14. The molecule has 2 aromatic rings. The van der Waals surface area contributed by atoms with Crippen LogP contribution in [0.4, 0.5) is 0 Å². The number of nitrogens with one attached hydrogen (secondary N) is 1. The van der Waals surface area contributed by atoms with Crippen molar-refractivity contribution in [1.82, 2.24) is 10.2 Å². The van der Waals surface area contributed by atoms with E-state index in [1.165, 1.54) is 41.5 Å². The molecule has 1 saturated carbocycles. The van der Waals surface area contributed by atoms with Crippen LogP contribution in [-0.4, -0.2) is 31.1 Å². The molecule has 1 atom stereocenters. The maximum absolute atomic E-state index is 6.21. The van der Waals surface area contributed by atoms with E-state index in [0.717, 1.165) is 37.8 Å². The minimum Gasteiger partial charge on any atom is -0.488 e. The number of benzene rings is 2. The Hall–Kier alpha value is -1.84. The summed E-state index contributed by atoms with van der Waals surface area (Å²) in [5.74, 6) is 1.87. The third-order valence-electron chi connectivity index (χ3n) is 6.19. The van der Waals surface area contributed by atoms with Crippen molar-refractivity contribution in [2.75, 3.05) is 26.2 Å². The van der Waals surface area contributed by atoms with E-state index < -0.39 is 0 Å². The summed E-state index contributed by atoms with van der Waals surface area (Å²) < 4.78 is 6.21. The first-order valence-corrected chi connectivity index (χ1v) is 10.4. The van der Waals surface area contributed by atoms with Crippen molar-refractivity contribution in [3.05, 3.63) is 64.7 Å². The molecule has 4 rings (SSSR count). The molecule has 1 heterocycles. The molecule has 3 heteroatoms. The maximum Gasteiger partial charge on any atom is 0.125 e. The number of aryl methyl sites for hydroxylation is 2. The summed E-state index contributed by atoms with van der Waals surface area (Å²) in [6.45, 7) is 9.57. The summed E-state index contributed by atoms with van der Waals surface area (Å²) in [5, 5.41) is 3.50. The zero-order valence-corrected chi connectivity index (χ0v) is 16.7. The van der Waals surface area contributed by atoms with Gasteiger partial charge in [0.05, 0.1) is 0 Å². The van der Waals surface area contributed by atoms with Gasteiger partial charge in [0.15, 0.2) is 0 Å². The minimum atomic E-state index is 0.571. The molecule has 1 saturated heterocycles. The summed E-state index contributed by atoms with van der Waals surface area (Å²) in [5.41, 5.74) is 5.23. The Labute approximate surface area is 163 Å². The Morgan fingerprint density at radius 3 is 2.30 bits per heavy atom. The van der Waals surface area contributed by atoms with Gasteiger partial charge in [-0.1, -0.05) is 48.9 Å². The van der Waals surface area contributed by atoms with Gasteiger partial charge >= 0.3 is 0 Å². The fourth-order valence-electron chi connectivity index (χ4n) is 4.61. The second-order valence-electron chi connectivity index (χ2n) is 8.18. The van der Waals surface area contributed by atoms with E-state index >= 15 is 0 Å². The van der Waals surface area contributed by atoms with Crippen LogP contribution in [0.15, 0.2) is 42.5 Å². The number of nitrogens with zero attached hydrogens (tertiary/aromatic N) is 1. The number of piperazine rings is 1. The lowest BCUT2D eigenvalue weighted by atomic mass is 9.75. The molecule has 144 valence electrons. The van der Waals surface area contributed by atoms with Gasteiger partial charge in [0.2, 0.25) is 0 Å². The number of hydrogen-bond acceptors (Lipinski definition) is 3. The quantitative estimate of drug-likeness (QED) is 0.809. The van der Waals surface area contributed by atoms with Gasteiger partial charge in [-0.2, -0.15) is 0 Å². The van der Waals surface area contributed by atoms with Crippen LogP contribution in [0.2, 0.25) is 0 Å². The average molecular weight is 365 g/mol. The van der Waals surface area contributed by atoms with E-state index in [0.29, 0.717) is 12.6 Å². The van der Waals surface area contributed by atoms with E-state index in [4.69, 9.17) is 4.74 Å². The SMILES string of the molecule is Cc1cc([C@H](C2CCC2)N2CCNCC2)cc(C)c1OCc1ccccc1. The molecule has 0 bridgehead atoms. The summed E-state index contributed by atoms with van der Waals surface area (Å²) >= 11 is 0. The largest absolute Gasteiger partial charge is 0.488 e. The summed E-state index contributed by atoms with van der Waals surface area (Å²) in [7, 11) is 0. The highest BCUT2D eigenvalue weighted by molar-refractivity contribution is 5.44. The van der Waals surface area contributed by atoms with E-state index in [-0.39, 0.29) is 0 Å². The topological polar surface area (TPSA) is 24.5 Å². The molecule has 3 nitrogen and oxygen atoms in total. The van der Waals surface area contributed by atoms with Gasteiger partial charge in [0.1, 0.15) is 12.4 Å². The van der Waals surface area contributed by atoms with Gasteiger partial charge in [0, 0.05) is 32.2 Å². The number of rotatable bonds is 6. The zero-order chi connectivity index (χ0) is 18.6. The number of hydrogen-bond donors (Lipinski definition) is 1. The molecule has 0 aromatic heterocycles. The second-order valence-corrected chi connectivity index (χ2v) is 8.18. The van der Waals surface area contributed by atoms with Gasteiger partial charge in [-0.3, -0.25) is 4.90 Å². The highest BCUT2D eigenvalue weighted by Gasteiger charge is 2.34. The smallest absolute Gasteiger partial charge is 0.125 e. The normalized spacial score (nSPS) is 19.5. The Balaban J connectivity index is 1.55. The van der Waals surface area contributed by atoms with Gasteiger partial charge < -0.3 is 10.1 Å². The molecule has 1 N–H and O–H groups in total. The van der Waals surface area contributed by atoms with Gasteiger partial charge in [0.25, 0.3) is 0 Å². The molecule has 2 aliphatic rings. The van der Waals surface area contributed by atoms with Gasteiger partial charge in [-0.25, -0.2) is 0 Å². The summed E-state index contributed by atoms with van der Waals surface area (Å²) in [4.78, 5) is 2.71. The molecule has 0 amide bonds. The second kappa shape index (κ2) is 8.45. The standard InChI is InChI=1S/C24H32N2O/c1-18-15-22(23(21-9-6-10-21)26-13-11-25-12-14-26)16-19(2)24(18)27-17-20-7-4-3-5-8-20/h3-5,7-8,15-16,21,23,25H,6,9-14,17H2,1-2H3/t23-/m0/s1. The predicted molar refractivity (Wildman–Crippen MR) is 111 cm³/mol. The van der Waals surface area contributed by atoms with E-state index in [1.807, 2.05) is 6.07 Å².